The van der Waals surface area contributed by atoms with Crippen LogP contribution in [0.2, 0.25) is 0 Å². The van der Waals surface area contributed by atoms with Crippen LogP contribution < -0.4 is 0 Å². The molecule has 0 bridgehead atoms. The smallest absolute Gasteiger partial charge is 0.253 e. The van der Waals surface area contributed by atoms with Crippen molar-refractivity contribution in [1.29, 1.82) is 0 Å². The lowest BCUT2D eigenvalue weighted by Crippen LogP contribution is -2.46. The standard InChI is InChI=1S/C9H17F2N.C2H6/c1-3-12-6-7(2)4-5-8(12)9(10)11;1-2/h7-9H,3-6H2,1-2H3;1-2H3/t7-,8-;/m1./s1. The van der Waals surface area contributed by atoms with E-state index in [9.17, 15) is 8.78 Å². The summed E-state index contributed by atoms with van der Waals surface area (Å²) < 4.78 is 24.9. The SMILES string of the molecule is CC.CCN1C[C@H](C)CC[C@@H]1C(F)F. The lowest BCUT2D eigenvalue weighted by molar-refractivity contribution is -0.00537. The molecule has 0 saturated carbocycles. The molecule has 0 N–H and O–H groups in total. The van der Waals surface area contributed by atoms with Crippen LogP contribution in [-0.2, 0) is 0 Å². The quantitative estimate of drug-likeness (QED) is 0.671. The first-order valence-electron chi connectivity index (χ1n) is 5.67. The topological polar surface area (TPSA) is 3.24 Å². The van der Waals surface area contributed by atoms with Crippen molar-refractivity contribution >= 4 is 0 Å². The fourth-order valence-corrected chi connectivity index (χ4v) is 1.91. The highest BCUT2D eigenvalue weighted by Gasteiger charge is 2.31. The van der Waals surface area contributed by atoms with Gasteiger partial charge in [-0.05, 0) is 25.3 Å². The maximum Gasteiger partial charge on any atom is 0.253 e. The van der Waals surface area contributed by atoms with Crippen molar-refractivity contribution in [2.75, 3.05) is 13.1 Å². The molecule has 1 rings (SSSR count). The lowest BCUT2D eigenvalue weighted by atomic mass is 9.94. The molecule has 0 unspecified atom stereocenters. The number of nitrogens with zero attached hydrogens (tertiary/aromatic N) is 1. The molecule has 0 aromatic carbocycles. The van der Waals surface area contributed by atoms with Gasteiger partial charge >= 0.3 is 0 Å². The van der Waals surface area contributed by atoms with Crippen molar-refractivity contribution in [3.63, 3.8) is 0 Å². The molecule has 3 heteroatoms. The Balaban J connectivity index is 0.000000791. The molecular formula is C11H23F2N. The van der Waals surface area contributed by atoms with E-state index in [0.29, 0.717) is 12.3 Å². The predicted octanol–water partition coefficient (Wildman–Crippen LogP) is 3.40. The van der Waals surface area contributed by atoms with E-state index in [1.165, 1.54) is 0 Å². The molecule has 0 aliphatic carbocycles. The molecule has 1 nitrogen and oxygen atoms in total. The van der Waals surface area contributed by atoms with Crippen LogP contribution in [0.15, 0.2) is 0 Å². The molecular weight excluding hydrogens is 184 g/mol. The van der Waals surface area contributed by atoms with Gasteiger partial charge in [0.25, 0.3) is 6.43 Å². The number of alkyl halides is 2. The molecule has 14 heavy (non-hydrogen) atoms. The number of likely N-dealkylation sites (tertiary alicyclic amines) is 1. The molecule has 2 atom stereocenters. The zero-order valence-corrected chi connectivity index (χ0v) is 9.76. The third-order valence-electron chi connectivity index (χ3n) is 2.67. The van der Waals surface area contributed by atoms with Crippen molar-refractivity contribution in [3.05, 3.63) is 0 Å². The summed E-state index contributed by atoms with van der Waals surface area (Å²) in [5, 5.41) is 0. The minimum atomic E-state index is -2.17. The van der Waals surface area contributed by atoms with Gasteiger partial charge in [0, 0.05) is 6.54 Å². The highest BCUT2D eigenvalue weighted by molar-refractivity contribution is 4.80. The van der Waals surface area contributed by atoms with Crippen molar-refractivity contribution < 1.29 is 8.78 Å². The van der Waals surface area contributed by atoms with Gasteiger partial charge in [0.05, 0.1) is 6.04 Å². The molecule has 1 aliphatic rings. The molecule has 0 spiro atoms. The van der Waals surface area contributed by atoms with Gasteiger partial charge in [0.2, 0.25) is 0 Å². The van der Waals surface area contributed by atoms with E-state index in [4.69, 9.17) is 0 Å². The fourth-order valence-electron chi connectivity index (χ4n) is 1.91. The van der Waals surface area contributed by atoms with E-state index in [1.807, 2.05) is 25.7 Å². The Labute approximate surface area is 86.5 Å². The van der Waals surface area contributed by atoms with Crippen molar-refractivity contribution in [2.24, 2.45) is 5.92 Å². The summed E-state index contributed by atoms with van der Waals surface area (Å²) in [4.78, 5) is 1.90. The second kappa shape index (κ2) is 7.16. The minimum Gasteiger partial charge on any atom is -0.295 e. The molecule has 0 aromatic rings. The molecule has 1 heterocycles. The summed E-state index contributed by atoms with van der Waals surface area (Å²) in [6.07, 6.45) is -0.560. The van der Waals surface area contributed by atoms with Crippen LogP contribution in [0.5, 0.6) is 0 Å². The third kappa shape index (κ3) is 3.91. The number of hydrogen-bond donors (Lipinski definition) is 0. The third-order valence-corrected chi connectivity index (χ3v) is 2.67. The van der Waals surface area contributed by atoms with E-state index < -0.39 is 12.5 Å². The largest absolute Gasteiger partial charge is 0.295 e. The van der Waals surface area contributed by atoms with E-state index in [2.05, 4.69) is 6.92 Å². The summed E-state index contributed by atoms with van der Waals surface area (Å²) in [5.41, 5.74) is 0. The Hall–Kier alpha value is -0.180. The van der Waals surface area contributed by atoms with Gasteiger partial charge in [-0.1, -0.05) is 27.7 Å². The summed E-state index contributed by atoms with van der Waals surface area (Å²) in [6.45, 7) is 9.67. The summed E-state index contributed by atoms with van der Waals surface area (Å²) >= 11 is 0. The highest BCUT2D eigenvalue weighted by atomic mass is 19.3. The lowest BCUT2D eigenvalue weighted by Gasteiger charge is -2.37. The number of rotatable bonds is 2. The molecule has 0 aromatic heterocycles. The number of halogens is 2. The first-order valence-corrected chi connectivity index (χ1v) is 5.67. The molecule has 1 fully saturated rings. The van der Waals surface area contributed by atoms with Crippen LogP contribution in [0, 0.1) is 5.92 Å². The van der Waals surface area contributed by atoms with E-state index in [1.54, 1.807) is 0 Å². The van der Waals surface area contributed by atoms with Crippen molar-refractivity contribution in [3.8, 4) is 0 Å². The summed E-state index contributed by atoms with van der Waals surface area (Å²) in [6, 6.07) is -0.480. The zero-order valence-electron chi connectivity index (χ0n) is 9.76. The molecule has 0 amide bonds. The van der Waals surface area contributed by atoms with Gasteiger partial charge in [-0.15, -0.1) is 0 Å². The Morgan fingerprint density at radius 2 is 1.86 bits per heavy atom. The fraction of sp³-hybridized carbons (Fsp3) is 1.00. The van der Waals surface area contributed by atoms with Crippen LogP contribution in [0.1, 0.15) is 40.5 Å². The Morgan fingerprint density at radius 3 is 2.29 bits per heavy atom. The van der Waals surface area contributed by atoms with Gasteiger partial charge in [-0.2, -0.15) is 0 Å². The second-order valence-electron chi connectivity index (χ2n) is 3.67. The molecule has 0 radical (unpaired) electrons. The van der Waals surface area contributed by atoms with Crippen LogP contribution in [0.4, 0.5) is 8.78 Å². The minimum absolute atomic E-state index is 0.480. The summed E-state index contributed by atoms with van der Waals surface area (Å²) in [7, 11) is 0. The first kappa shape index (κ1) is 13.8. The maximum atomic E-state index is 12.4. The van der Waals surface area contributed by atoms with E-state index in [0.717, 1.165) is 19.5 Å². The van der Waals surface area contributed by atoms with Gasteiger partial charge in [0.15, 0.2) is 0 Å². The first-order chi connectivity index (χ1) is 6.65. The average molecular weight is 207 g/mol. The van der Waals surface area contributed by atoms with E-state index >= 15 is 0 Å². The van der Waals surface area contributed by atoms with Crippen molar-refractivity contribution in [2.45, 2.75) is 53.0 Å². The Kier molecular flexibility index (Phi) is 7.06. The van der Waals surface area contributed by atoms with Crippen LogP contribution >= 0.6 is 0 Å². The Morgan fingerprint density at radius 1 is 1.29 bits per heavy atom. The van der Waals surface area contributed by atoms with Gasteiger partial charge in [-0.25, -0.2) is 8.78 Å². The monoisotopic (exact) mass is 207 g/mol. The normalized spacial score (nSPS) is 28.5. The number of hydrogen-bond acceptors (Lipinski definition) is 1. The highest BCUT2D eigenvalue weighted by Crippen LogP contribution is 2.25. The predicted molar refractivity (Wildman–Crippen MR) is 56.8 cm³/mol. The van der Waals surface area contributed by atoms with Gasteiger partial charge < -0.3 is 0 Å². The van der Waals surface area contributed by atoms with Gasteiger partial charge in [0.1, 0.15) is 0 Å². The molecule has 86 valence electrons. The van der Waals surface area contributed by atoms with E-state index in [-0.39, 0.29) is 0 Å². The van der Waals surface area contributed by atoms with Crippen LogP contribution in [0.3, 0.4) is 0 Å². The Bertz CT molecular complexity index is 139. The molecule has 1 aliphatic heterocycles. The second-order valence-corrected chi connectivity index (χ2v) is 3.67. The van der Waals surface area contributed by atoms with Gasteiger partial charge in [-0.3, -0.25) is 4.90 Å². The van der Waals surface area contributed by atoms with Crippen molar-refractivity contribution in [1.82, 2.24) is 4.90 Å². The molecule has 1 saturated heterocycles. The maximum absolute atomic E-state index is 12.4. The summed E-state index contributed by atoms with van der Waals surface area (Å²) in [5.74, 6) is 0.583. The van der Waals surface area contributed by atoms with Crippen LogP contribution in [-0.4, -0.2) is 30.5 Å². The number of piperidine rings is 1. The average Bonchev–Trinajstić information content (AvgIpc) is 2.20. The van der Waals surface area contributed by atoms with Crippen LogP contribution in [0.25, 0.3) is 0 Å². The zero-order chi connectivity index (χ0) is 11.1.